The maximum Gasteiger partial charge on any atom is 0.372 e. The van der Waals surface area contributed by atoms with Crippen molar-refractivity contribution in [2.45, 2.75) is 13.0 Å². The lowest BCUT2D eigenvalue weighted by atomic mass is 10.1. The molecule has 1 aromatic heterocycles. The molecular weight excluding hydrogens is 277 g/mol. The molecule has 6 heteroatoms. The molecule has 1 N–H and O–H groups in total. The van der Waals surface area contributed by atoms with Gasteiger partial charge >= 0.3 is 5.97 Å². The molecule has 0 saturated heterocycles. The van der Waals surface area contributed by atoms with Crippen molar-refractivity contribution in [2.75, 3.05) is 0 Å². The van der Waals surface area contributed by atoms with E-state index in [0.717, 1.165) is 0 Å². The third kappa shape index (κ3) is 3.62. The molecule has 1 heterocycles. The molecule has 0 aliphatic rings. The molecule has 0 saturated carbocycles. The van der Waals surface area contributed by atoms with Crippen LogP contribution in [0.1, 0.15) is 22.5 Å². The molecule has 0 spiro atoms. The van der Waals surface area contributed by atoms with E-state index >= 15 is 0 Å². The number of ketones is 2. The average Bonchev–Trinajstić information content (AvgIpc) is 2.86. The Balaban J connectivity index is 2.17. The van der Waals surface area contributed by atoms with Crippen LogP contribution in [0.4, 0.5) is 4.39 Å². The highest BCUT2D eigenvalue weighted by atomic mass is 19.1. The minimum Gasteiger partial charge on any atom is -0.475 e. The van der Waals surface area contributed by atoms with E-state index in [9.17, 15) is 18.8 Å². The summed E-state index contributed by atoms with van der Waals surface area (Å²) in [5, 5.41) is 8.51. The number of carbonyl (C=O) groups is 3. The summed E-state index contributed by atoms with van der Waals surface area (Å²) in [6.45, 7) is 0.257. The molecule has 0 aliphatic carbocycles. The van der Waals surface area contributed by atoms with Gasteiger partial charge in [0.1, 0.15) is 5.82 Å². The first-order chi connectivity index (χ1) is 9.97. The van der Waals surface area contributed by atoms with Crippen LogP contribution in [0.2, 0.25) is 0 Å². The Kier molecular flexibility index (Phi) is 4.27. The SMILES string of the molecule is O=C(O)C(=O)CC(=O)c1cccn1Cc1cccc(F)c1. The third-order valence-corrected chi connectivity index (χ3v) is 2.92. The molecule has 21 heavy (non-hydrogen) atoms. The van der Waals surface area contributed by atoms with Crippen molar-refractivity contribution in [3.05, 3.63) is 59.7 Å². The van der Waals surface area contributed by atoms with E-state index in [-0.39, 0.29) is 18.1 Å². The normalized spacial score (nSPS) is 10.3. The predicted molar refractivity (Wildman–Crippen MR) is 71.5 cm³/mol. The molecule has 2 rings (SSSR count). The van der Waals surface area contributed by atoms with Crippen LogP contribution in [0, 0.1) is 5.82 Å². The Labute approximate surface area is 119 Å². The van der Waals surface area contributed by atoms with Crippen LogP contribution in [-0.2, 0) is 16.1 Å². The van der Waals surface area contributed by atoms with Crippen molar-refractivity contribution in [3.63, 3.8) is 0 Å². The summed E-state index contributed by atoms with van der Waals surface area (Å²) in [6.07, 6.45) is 0.922. The van der Waals surface area contributed by atoms with Gasteiger partial charge in [-0.1, -0.05) is 12.1 Å². The van der Waals surface area contributed by atoms with Gasteiger partial charge in [0.05, 0.1) is 12.1 Å². The van der Waals surface area contributed by atoms with Gasteiger partial charge < -0.3 is 9.67 Å². The molecule has 0 bridgehead atoms. The fourth-order valence-electron chi connectivity index (χ4n) is 1.95. The summed E-state index contributed by atoms with van der Waals surface area (Å²) in [5.74, 6) is -3.75. The van der Waals surface area contributed by atoms with Gasteiger partial charge in [0, 0.05) is 12.7 Å². The second kappa shape index (κ2) is 6.13. The van der Waals surface area contributed by atoms with E-state index in [2.05, 4.69) is 0 Å². The number of hydrogen-bond donors (Lipinski definition) is 1. The second-order valence-electron chi connectivity index (χ2n) is 4.48. The molecule has 1 aromatic carbocycles. The molecule has 5 nitrogen and oxygen atoms in total. The zero-order chi connectivity index (χ0) is 15.4. The fourth-order valence-corrected chi connectivity index (χ4v) is 1.95. The number of rotatable bonds is 6. The predicted octanol–water partition coefficient (Wildman–Crippen LogP) is 1.90. The Hall–Kier alpha value is -2.76. The molecule has 2 aromatic rings. The van der Waals surface area contributed by atoms with Gasteiger partial charge in [-0.25, -0.2) is 9.18 Å². The number of aliphatic carboxylic acids is 1. The largest absolute Gasteiger partial charge is 0.475 e. The van der Waals surface area contributed by atoms with Crippen LogP contribution in [0.25, 0.3) is 0 Å². The Morgan fingerprint density at radius 1 is 1.14 bits per heavy atom. The van der Waals surface area contributed by atoms with Crippen LogP contribution in [0.5, 0.6) is 0 Å². The summed E-state index contributed by atoms with van der Waals surface area (Å²) in [7, 11) is 0. The summed E-state index contributed by atoms with van der Waals surface area (Å²) < 4.78 is 14.7. The topological polar surface area (TPSA) is 76.4 Å². The number of benzene rings is 1. The van der Waals surface area contributed by atoms with Crippen LogP contribution in [0.3, 0.4) is 0 Å². The quantitative estimate of drug-likeness (QED) is 0.500. The van der Waals surface area contributed by atoms with Crippen LogP contribution < -0.4 is 0 Å². The third-order valence-electron chi connectivity index (χ3n) is 2.92. The number of hydrogen-bond acceptors (Lipinski definition) is 3. The van der Waals surface area contributed by atoms with Crippen molar-refractivity contribution >= 4 is 17.5 Å². The highest BCUT2D eigenvalue weighted by Crippen LogP contribution is 2.11. The first kappa shape index (κ1) is 14.6. The Morgan fingerprint density at radius 3 is 2.57 bits per heavy atom. The zero-order valence-electron chi connectivity index (χ0n) is 11.0. The minimum atomic E-state index is -1.63. The molecule has 0 aliphatic heterocycles. The standard InChI is InChI=1S/C15H12FNO4/c16-11-4-1-3-10(7-11)9-17-6-2-5-12(17)13(18)8-14(19)15(20)21/h1-7H,8-9H2,(H,20,21). The summed E-state index contributed by atoms with van der Waals surface area (Å²) in [4.78, 5) is 33.5. The molecular formula is C15H12FNO4. The zero-order valence-corrected chi connectivity index (χ0v) is 11.0. The molecule has 0 unspecified atom stereocenters. The van der Waals surface area contributed by atoms with Gasteiger partial charge in [-0.3, -0.25) is 9.59 Å². The number of carboxylic acids is 1. The summed E-state index contributed by atoms with van der Waals surface area (Å²) in [6, 6.07) is 9.03. The molecule has 0 radical (unpaired) electrons. The summed E-state index contributed by atoms with van der Waals surface area (Å²) in [5.41, 5.74) is 0.874. The maximum atomic E-state index is 13.1. The number of aromatic nitrogens is 1. The Morgan fingerprint density at radius 2 is 1.90 bits per heavy atom. The number of carbonyl (C=O) groups excluding carboxylic acids is 2. The molecule has 0 atom stereocenters. The average molecular weight is 289 g/mol. The monoisotopic (exact) mass is 289 g/mol. The van der Waals surface area contributed by atoms with Gasteiger partial charge in [0.2, 0.25) is 5.78 Å². The lowest BCUT2D eigenvalue weighted by molar-refractivity contribution is -0.148. The highest BCUT2D eigenvalue weighted by Gasteiger charge is 2.19. The first-order valence-corrected chi connectivity index (χ1v) is 6.16. The van der Waals surface area contributed by atoms with Crippen LogP contribution in [0.15, 0.2) is 42.6 Å². The number of Topliss-reactive ketones (excluding diaryl/α,β-unsaturated/α-hetero) is 2. The molecule has 0 amide bonds. The van der Waals surface area contributed by atoms with Crippen LogP contribution >= 0.6 is 0 Å². The second-order valence-corrected chi connectivity index (χ2v) is 4.48. The first-order valence-electron chi connectivity index (χ1n) is 6.16. The summed E-state index contributed by atoms with van der Waals surface area (Å²) >= 11 is 0. The van der Waals surface area contributed by atoms with E-state index in [4.69, 9.17) is 5.11 Å². The fraction of sp³-hybridized carbons (Fsp3) is 0.133. The van der Waals surface area contributed by atoms with Crippen molar-refractivity contribution in [3.8, 4) is 0 Å². The van der Waals surface area contributed by atoms with E-state index < -0.39 is 24.0 Å². The van der Waals surface area contributed by atoms with E-state index in [1.165, 1.54) is 18.2 Å². The minimum absolute atomic E-state index is 0.217. The van der Waals surface area contributed by atoms with E-state index in [0.29, 0.717) is 5.56 Å². The lowest BCUT2D eigenvalue weighted by Crippen LogP contribution is -2.19. The van der Waals surface area contributed by atoms with Crippen molar-refractivity contribution in [1.29, 1.82) is 0 Å². The van der Waals surface area contributed by atoms with Gasteiger partial charge in [0.15, 0.2) is 5.78 Å². The van der Waals surface area contributed by atoms with E-state index in [1.807, 2.05) is 0 Å². The van der Waals surface area contributed by atoms with Gasteiger partial charge in [-0.15, -0.1) is 0 Å². The Bertz CT molecular complexity index is 705. The van der Waals surface area contributed by atoms with Crippen LogP contribution in [-0.4, -0.2) is 27.2 Å². The van der Waals surface area contributed by atoms with Crippen molar-refractivity contribution in [2.24, 2.45) is 0 Å². The van der Waals surface area contributed by atoms with E-state index in [1.54, 1.807) is 29.0 Å². The van der Waals surface area contributed by atoms with Gasteiger partial charge in [-0.2, -0.15) is 0 Å². The van der Waals surface area contributed by atoms with Gasteiger partial charge in [0.25, 0.3) is 0 Å². The highest BCUT2D eigenvalue weighted by molar-refractivity contribution is 6.37. The van der Waals surface area contributed by atoms with Gasteiger partial charge in [-0.05, 0) is 29.8 Å². The maximum absolute atomic E-state index is 13.1. The number of carboxylic acid groups (broad SMARTS) is 1. The lowest BCUT2D eigenvalue weighted by Gasteiger charge is -2.08. The number of nitrogens with zero attached hydrogens (tertiary/aromatic N) is 1. The number of halogens is 1. The van der Waals surface area contributed by atoms with Crippen molar-refractivity contribution in [1.82, 2.24) is 4.57 Å². The molecule has 108 valence electrons. The van der Waals surface area contributed by atoms with Crippen molar-refractivity contribution < 1.29 is 23.9 Å². The molecule has 0 fully saturated rings. The smallest absolute Gasteiger partial charge is 0.372 e.